The highest BCUT2D eigenvalue weighted by atomic mass is 35.5. The molecule has 0 radical (unpaired) electrons. The van der Waals surface area contributed by atoms with Crippen molar-refractivity contribution < 1.29 is 28.7 Å². The number of hydrogen-bond acceptors (Lipinski definition) is 10. The van der Waals surface area contributed by atoms with E-state index in [2.05, 4.69) is 45.0 Å². The van der Waals surface area contributed by atoms with Crippen LogP contribution in [-0.4, -0.2) is 64.0 Å². The zero-order valence-electron chi connectivity index (χ0n) is 31.6. The summed E-state index contributed by atoms with van der Waals surface area (Å²) >= 11 is 6.25. The van der Waals surface area contributed by atoms with Crippen molar-refractivity contribution >= 4 is 40.9 Å². The van der Waals surface area contributed by atoms with Gasteiger partial charge in [0.1, 0.15) is 11.3 Å². The van der Waals surface area contributed by atoms with Crippen LogP contribution in [0.3, 0.4) is 0 Å². The first-order chi connectivity index (χ1) is 26.3. The van der Waals surface area contributed by atoms with Crippen LogP contribution in [-0.2, 0) is 28.7 Å². The molecule has 0 spiro atoms. The molecule has 1 unspecified atom stereocenters. The second-order valence-corrected chi connectivity index (χ2v) is 15.0. The zero-order valence-corrected chi connectivity index (χ0v) is 32.3. The Hall–Kier alpha value is -5.43. The Morgan fingerprint density at radius 2 is 1.73 bits per heavy atom. The number of carbonyl (C=O) groups is 4. The van der Waals surface area contributed by atoms with Gasteiger partial charge in [0.05, 0.1) is 30.5 Å². The fourth-order valence-electron chi connectivity index (χ4n) is 7.06. The van der Waals surface area contributed by atoms with E-state index in [4.69, 9.17) is 26.8 Å². The van der Waals surface area contributed by atoms with Crippen LogP contribution in [0.15, 0.2) is 72.9 Å². The fourth-order valence-corrected chi connectivity index (χ4v) is 7.26. The van der Waals surface area contributed by atoms with E-state index in [1.54, 1.807) is 30.3 Å². The minimum absolute atomic E-state index is 0.0118. The van der Waals surface area contributed by atoms with Crippen LogP contribution in [0, 0.1) is 6.92 Å². The number of halogens is 1. The van der Waals surface area contributed by atoms with E-state index in [9.17, 15) is 19.2 Å². The SMILES string of the molecule is COC(=O)c1cc(C(=O)N[C@H]2CCc3c2ccc(C(=O)OC(C)(C)C)c3C)n2ncc(C(=O)Cc3ccccc3Cl)c2n1.NCC1NCCc2ccccc21. The number of nitrogens with two attached hydrogens (primary N) is 1. The molecule has 3 heterocycles. The van der Waals surface area contributed by atoms with Crippen molar-refractivity contribution in [3.8, 4) is 0 Å². The maximum absolute atomic E-state index is 13.7. The number of fused-ring (bicyclic) bond motifs is 3. The van der Waals surface area contributed by atoms with Gasteiger partial charge in [0.15, 0.2) is 17.1 Å². The van der Waals surface area contributed by atoms with Gasteiger partial charge >= 0.3 is 11.9 Å². The number of rotatable bonds is 8. The molecule has 5 aromatic rings. The molecule has 1 aliphatic carbocycles. The minimum Gasteiger partial charge on any atom is -0.464 e. The summed E-state index contributed by atoms with van der Waals surface area (Å²) in [6.45, 7) is 9.08. The molecular formula is C42H45ClN6O6. The summed E-state index contributed by atoms with van der Waals surface area (Å²) < 4.78 is 11.7. The number of methoxy groups -OCH3 is 1. The van der Waals surface area contributed by atoms with Gasteiger partial charge < -0.3 is 25.8 Å². The van der Waals surface area contributed by atoms with Crippen LogP contribution >= 0.6 is 11.6 Å². The molecule has 2 aromatic heterocycles. The maximum atomic E-state index is 13.7. The third kappa shape index (κ3) is 8.62. The number of nitrogens with zero attached hydrogens (tertiary/aromatic N) is 3. The van der Waals surface area contributed by atoms with Crippen molar-refractivity contribution in [2.45, 2.75) is 71.1 Å². The van der Waals surface area contributed by atoms with Gasteiger partial charge in [0.2, 0.25) is 0 Å². The number of amides is 1. The summed E-state index contributed by atoms with van der Waals surface area (Å²) in [5, 5.41) is 11.2. The fraction of sp³-hybridized carbons (Fsp3) is 0.333. The van der Waals surface area contributed by atoms with Crippen molar-refractivity contribution in [2.24, 2.45) is 5.73 Å². The zero-order chi connectivity index (χ0) is 39.4. The topological polar surface area (TPSA) is 167 Å². The molecule has 3 aromatic carbocycles. The standard InChI is InChI=1S/C32H31ClN4O6.C10H14N2/c1-17-19-12-13-24(21(19)11-10-20(17)30(40)43-32(2,3)4)36-29(39)26-15-25(31(41)42-5)35-28-22(16-34-37(26)28)27(38)14-18-8-6-7-9-23(18)33;11-7-10-9-4-2-1-3-8(9)5-6-12-10/h6-11,15-16,24H,12-14H2,1-5H3,(H,36,39);1-4,10,12H,5-7,11H2/t24-;/m0./s1. The van der Waals surface area contributed by atoms with Gasteiger partial charge in [-0.15, -0.1) is 0 Å². The first-order valence-corrected chi connectivity index (χ1v) is 18.6. The maximum Gasteiger partial charge on any atom is 0.356 e. The number of aromatic nitrogens is 3. The quantitative estimate of drug-likeness (QED) is 0.124. The Kier molecular flexibility index (Phi) is 11.8. The van der Waals surface area contributed by atoms with Crippen molar-refractivity contribution in [1.82, 2.24) is 25.2 Å². The average molecular weight is 765 g/mol. The van der Waals surface area contributed by atoms with E-state index >= 15 is 0 Å². The summed E-state index contributed by atoms with van der Waals surface area (Å²) in [5.74, 6) is -2.01. The molecular weight excluding hydrogens is 720 g/mol. The second-order valence-electron chi connectivity index (χ2n) is 14.6. The largest absolute Gasteiger partial charge is 0.464 e. The molecule has 2 atom stereocenters. The lowest BCUT2D eigenvalue weighted by Crippen LogP contribution is -2.34. The van der Waals surface area contributed by atoms with Gasteiger partial charge in [-0.2, -0.15) is 5.10 Å². The predicted molar refractivity (Wildman–Crippen MR) is 209 cm³/mol. The number of hydrogen-bond donors (Lipinski definition) is 3. The molecule has 286 valence electrons. The highest BCUT2D eigenvalue weighted by Crippen LogP contribution is 2.35. The summed E-state index contributed by atoms with van der Waals surface area (Å²) in [4.78, 5) is 56.5. The Morgan fingerprint density at radius 1 is 0.982 bits per heavy atom. The lowest BCUT2D eigenvalue weighted by molar-refractivity contribution is 0.00681. The first-order valence-electron chi connectivity index (χ1n) is 18.2. The molecule has 13 heteroatoms. The van der Waals surface area contributed by atoms with Gasteiger partial charge in [0, 0.05) is 30.1 Å². The third-order valence-electron chi connectivity index (χ3n) is 9.78. The molecule has 0 fully saturated rings. The summed E-state index contributed by atoms with van der Waals surface area (Å²) in [6, 6.07) is 20.4. The van der Waals surface area contributed by atoms with Gasteiger partial charge in [0.25, 0.3) is 5.91 Å². The molecule has 7 rings (SSSR count). The van der Waals surface area contributed by atoms with Crippen molar-refractivity contribution in [3.63, 3.8) is 0 Å². The van der Waals surface area contributed by atoms with E-state index in [1.165, 1.54) is 35.0 Å². The molecule has 1 aliphatic heterocycles. The van der Waals surface area contributed by atoms with Crippen molar-refractivity contribution in [1.29, 1.82) is 0 Å². The number of benzene rings is 3. The van der Waals surface area contributed by atoms with Crippen LogP contribution in [0.5, 0.6) is 0 Å². The van der Waals surface area contributed by atoms with Gasteiger partial charge in [-0.25, -0.2) is 19.1 Å². The number of carbonyl (C=O) groups excluding carboxylic acids is 4. The smallest absolute Gasteiger partial charge is 0.356 e. The first kappa shape index (κ1) is 39.3. The molecule has 55 heavy (non-hydrogen) atoms. The van der Waals surface area contributed by atoms with Crippen LogP contribution in [0.4, 0.5) is 0 Å². The van der Waals surface area contributed by atoms with Gasteiger partial charge in [-0.3, -0.25) is 9.59 Å². The van der Waals surface area contributed by atoms with Crippen molar-refractivity contribution in [3.05, 3.63) is 134 Å². The Labute approximate surface area is 324 Å². The minimum atomic E-state index is -0.765. The predicted octanol–water partition coefficient (Wildman–Crippen LogP) is 6.11. The Morgan fingerprint density at radius 3 is 2.45 bits per heavy atom. The molecule has 4 N–H and O–H groups in total. The second kappa shape index (κ2) is 16.5. The molecule has 0 saturated carbocycles. The molecule has 1 amide bonds. The number of ether oxygens (including phenoxy) is 2. The van der Waals surface area contributed by atoms with Crippen LogP contribution in [0.25, 0.3) is 5.65 Å². The lowest BCUT2D eigenvalue weighted by Gasteiger charge is -2.25. The van der Waals surface area contributed by atoms with E-state index in [1.807, 2.05) is 33.8 Å². The monoisotopic (exact) mass is 764 g/mol. The lowest BCUT2D eigenvalue weighted by atomic mass is 9.95. The number of Topliss-reactive ketones (excluding diaryl/α,β-unsaturated/α-hetero) is 1. The van der Waals surface area contributed by atoms with E-state index in [0.717, 1.165) is 29.7 Å². The molecule has 2 aliphatic rings. The molecule has 0 saturated heterocycles. The molecule has 0 bridgehead atoms. The molecule has 12 nitrogen and oxygen atoms in total. The van der Waals surface area contributed by atoms with Gasteiger partial charge in [-0.05, 0) is 99.0 Å². The Balaban J connectivity index is 0.000000362. The van der Waals surface area contributed by atoms with Gasteiger partial charge in [-0.1, -0.05) is 60.1 Å². The van der Waals surface area contributed by atoms with Crippen LogP contribution in [0.1, 0.15) is 114 Å². The average Bonchev–Trinajstić information content (AvgIpc) is 3.79. The van der Waals surface area contributed by atoms with Crippen LogP contribution in [0.2, 0.25) is 5.02 Å². The summed E-state index contributed by atoms with van der Waals surface area (Å²) in [7, 11) is 1.21. The summed E-state index contributed by atoms with van der Waals surface area (Å²) in [6.07, 6.45) is 3.71. The number of ketones is 1. The van der Waals surface area contributed by atoms with E-state index in [-0.39, 0.29) is 40.8 Å². The van der Waals surface area contributed by atoms with E-state index < -0.39 is 23.4 Å². The van der Waals surface area contributed by atoms with Crippen LogP contribution < -0.4 is 16.4 Å². The van der Waals surface area contributed by atoms with E-state index in [0.29, 0.717) is 41.6 Å². The highest BCUT2D eigenvalue weighted by Gasteiger charge is 2.31. The number of esters is 2. The summed E-state index contributed by atoms with van der Waals surface area (Å²) in [5.41, 5.74) is 11.7. The number of nitrogens with one attached hydrogen (secondary N) is 2. The highest BCUT2D eigenvalue weighted by molar-refractivity contribution is 6.31. The Bertz CT molecular complexity index is 2280. The third-order valence-corrected chi connectivity index (χ3v) is 10.1. The van der Waals surface area contributed by atoms with Crippen molar-refractivity contribution in [2.75, 3.05) is 20.2 Å². The normalized spacial score (nSPS) is 16.0.